The lowest BCUT2D eigenvalue weighted by atomic mass is 10.1. The first kappa shape index (κ1) is 16.3. The van der Waals surface area contributed by atoms with Gasteiger partial charge in [-0.1, -0.05) is 65.3 Å². The number of hydrogen-bond donors (Lipinski definition) is 0. The van der Waals surface area contributed by atoms with Crippen molar-refractivity contribution >= 4 is 35.0 Å². The summed E-state index contributed by atoms with van der Waals surface area (Å²) in [5.41, 5.74) is 3.94. The zero-order valence-corrected chi connectivity index (χ0v) is 14.8. The number of nitrogens with zero attached hydrogens (tertiary/aromatic N) is 2. The molecule has 2 aromatic carbocycles. The summed E-state index contributed by atoms with van der Waals surface area (Å²) in [5.74, 6) is 0.739. The third-order valence-electron chi connectivity index (χ3n) is 3.29. The number of hydrogen-bond acceptors (Lipinski definition) is 3. The predicted octanol–water partition coefficient (Wildman–Crippen LogP) is 6.05. The number of aromatic nitrogens is 2. The van der Waals surface area contributed by atoms with Crippen LogP contribution >= 0.6 is 35.0 Å². The van der Waals surface area contributed by atoms with E-state index in [0.717, 1.165) is 38.4 Å². The van der Waals surface area contributed by atoms with Crippen LogP contribution in [0, 0.1) is 6.92 Å². The van der Waals surface area contributed by atoms with E-state index in [9.17, 15) is 0 Å². The Bertz CT molecular complexity index is 820. The highest BCUT2D eigenvalue weighted by Crippen LogP contribution is 2.27. The van der Waals surface area contributed by atoms with Gasteiger partial charge in [-0.2, -0.15) is 0 Å². The van der Waals surface area contributed by atoms with Gasteiger partial charge in [0, 0.05) is 27.1 Å². The van der Waals surface area contributed by atoms with Crippen molar-refractivity contribution in [2.45, 2.75) is 17.8 Å². The highest BCUT2D eigenvalue weighted by atomic mass is 35.5. The van der Waals surface area contributed by atoms with Gasteiger partial charge in [0.15, 0.2) is 5.16 Å². The van der Waals surface area contributed by atoms with Crippen LogP contribution in [0.5, 0.6) is 0 Å². The highest BCUT2D eigenvalue weighted by molar-refractivity contribution is 7.98. The van der Waals surface area contributed by atoms with Crippen LogP contribution in [-0.4, -0.2) is 9.97 Å². The Kier molecular flexibility index (Phi) is 5.21. The molecule has 0 aliphatic rings. The standard InChI is InChI=1S/C18H14Cl2N2S/c1-12-10-17(13-6-8-15(19)9-7-13)22-18(21-12)23-11-14-4-2-3-5-16(14)20/h2-10H,11H2,1H3. The van der Waals surface area contributed by atoms with Gasteiger partial charge >= 0.3 is 0 Å². The van der Waals surface area contributed by atoms with Gasteiger partial charge in [0.1, 0.15) is 0 Å². The van der Waals surface area contributed by atoms with Crippen molar-refractivity contribution in [1.82, 2.24) is 9.97 Å². The molecule has 2 nitrogen and oxygen atoms in total. The smallest absolute Gasteiger partial charge is 0.188 e. The van der Waals surface area contributed by atoms with Crippen molar-refractivity contribution in [3.05, 3.63) is 75.9 Å². The van der Waals surface area contributed by atoms with E-state index in [2.05, 4.69) is 9.97 Å². The molecule has 0 aliphatic carbocycles. The lowest BCUT2D eigenvalue weighted by Gasteiger charge is -2.07. The van der Waals surface area contributed by atoms with Crippen LogP contribution in [0.4, 0.5) is 0 Å². The fourth-order valence-corrected chi connectivity index (χ4v) is 3.45. The van der Waals surface area contributed by atoms with Gasteiger partial charge in [0.25, 0.3) is 0 Å². The van der Waals surface area contributed by atoms with E-state index in [0.29, 0.717) is 5.02 Å². The number of aryl methyl sites for hydroxylation is 1. The van der Waals surface area contributed by atoms with Crippen molar-refractivity contribution in [1.29, 1.82) is 0 Å². The third-order valence-corrected chi connectivity index (χ3v) is 4.81. The molecule has 1 aromatic heterocycles. The van der Waals surface area contributed by atoms with E-state index in [-0.39, 0.29) is 0 Å². The van der Waals surface area contributed by atoms with E-state index in [1.54, 1.807) is 11.8 Å². The lowest BCUT2D eigenvalue weighted by Crippen LogP contribution is -1.94. The van der Waals surface area contributed by atoms with E-state index in [4.69, 9.17) is 23.2 Å². The Hall–Kier alpha value is -1.55. The molecule has 0 spiro atoms. The maximum absolute atomic E-state index is 6.20. The molecule has 0 bridgehead atoms. The molecular formula is C18H14Cl2N2S. The molecule has 0 saturated heterocycles. The van der Waals surface area contributed by atoms with Gasteiger partial charge in [-0.05, 0) is 36.8 Å². The van der Waals surface area contributed by atoms with Gasteiger partial charge in [-0.25, -0.2) is 9.97 Å². The van der Waals surface area contributed by atoms with Crippen LogP contribution in [0.1, 0.15) is 11.3 Å². The first-order chi connectivity index (χ1) is 11.1. The molecule has 0 amide bonds. The van der Waals surface area contributed by atoms with E-state index >= 15 is 0 Å². The van der Waals surface area contributed by atoms with Crippen LogP contribution in [-0.2, 0) is 5.75 Å². The first-order valence-electron chi connectivity index (χ1n) is 7.09. The maximum atomic E-state index is 6.20. The second-order valence-corrected chi connectivity index (χ2v) is 6.85. The van der Waals surface area contributed by atoms with Crippen LogP contribution < -0.4 is 0 Å². The molecule has 23 heavy (non-hydrogen) atoms. The van der Waals surface area contributed by atoms with Crippen molar-refractivity contribution in [3.8, 4) is 11.3 Å². The lowest BCUT2D eigenvalue weighted by molar-refractivity contribution is 0.937. The largest absolute Gasteiger partial charge is 0.228 e. The molecule has 1 heterocycles. The molecule has 0 unspecified atom stereocenters. The van der Waals surface area contributed by atoms with E-state index < -0.39 is 0 Å². The number of rotatable bonds is 4. The number of thioether (sulfide) groups is 1. The molecule has 0 N–H and O–H groups in total. The Morgan fingerprint density at radius 3 is 2.43 bits per heavy atom. The molecule has 3 rings (SSSR count). The zero-order valence-electron chi connectivity index (χ0n) is 12.5. The average Bonchev–Trinajstić information content (AvgIpc) is 2.54. The van der Waals surface area contributed by atoms with Crippen LogP contribution in [0.2, 0.25) is 10.0 Å². The van der Waals surface area contributed by atoms with Crippen LogP contribution in [0.15, 0.2) is 59.8 Å². The van der Waals surface area contributed by atoms with Crippen molar-refractivity contribution in [2.24, 2.45) is 0 Å². The average molecular weight is 361 g/mol. The minimum atomic E-state index is 0.716. The van der Waals surface area contributed by atoms with Gasteiger partial charge < -0.3 is 0 Å². The second-order valence-electron chi connectivity index (χ2n) is 5.06. The summed E-state index contributed by atoms with van der Waals surface area (Å²) in [6.45, 7) is 1.97. The summed E-state index contributed by atoms with van der Waals surface area (Å²) >= 11 is 13.7. The molecule has 5 heteroatoms. The molecular weight excluding hydrogens is 347 g/mol. The zero-order chi connectivity index (χ0) is 16.2. The Morgan fingerprint density at radius 2 is 1.70 bits per heavy atom. The number of halogens is 2. The Balaban J connectivity index is 1.83. The van der Waals surface area contributed by atoms with E-state index in [1.165, 1.54) is 0 Å². The van der Waals surface area contributed by atoms with Gasteiger partial charge in [0.2, 0.25) is 0 Å². The van der Waals surface area contributed by atoms with Gasteiger partial charge in [0.05, 0.1) is 5.69 Å². The monoisotopic (exact) mass is 360 g/mol. The minimum absolute atomic E-state index is 0.716. The van der Waals surface area contributed by atoms with E-state index in [1.807, 2.05) is 61.5 Å². The van der Waals surface area contributed by atoms with Gasteiger partial charge in [-0.3, -0.25) is 0 Å². The summed E-state index contributed by atoms with van der Waals surface area (Å²) in [6.07, 6.45) is 0. The van der Waals surface area contributed by atoms with Crippen LogP contribution in [0.25, 0.3) is 11.3 Å². The molecule has 0 radical (unpaired) electrons. The summed E-state index contributed by atoms with van der Waals surface area (Å²) in [4.78, 5) is 9.15. The summed E-state index contributed by atoms with van der Waals surface area (Å²) < 4.78 is 0. The third kappa shape index (κ3) is 4.25. The molecule has 0 aliphatic heterocycles. The maximum Gasteiger partial charge on any atom is 0.188 e. The highest BCUT2D eigenvalue weighted by Gasteiger charge is 2.07. The SMILES string of the molecule is Cc1cc(-c2ccc(Cl)cc2)nc(SCc2ccccc2Cl)n1. The molecule has 0 atom stereocenters. The predicted molar refractivity (Wildman–Crippen MR) is 98.2 cm³/mol. The topological polar surface area (TPSA) is 25.8 Å². The van der Waals surface area contributed by atoms with Crippen LogP contribution in [0.3, 0.4) is 0 Å². The second kappa shape index (κ2) is 7.35. The fourth-order valence-electron chi connectivity index (χ4n) is 2.13. The van der Waals surface area contributed by atoms with Crippen molar-refractivity contribution in [2.75, 3.05) is 0 Å². The quantitative estimate of drug-likeness (QED) is 0.418. The summed E-state index contributed by atoms with van der Waals surface area (Å²) in [6, 6.07) is 17.5. The summed E-state index contributed by atoms with van der Waals surface area (Å²) in [7, 11) is 0. The normalized spacial score (nSPS) is 10.7. The first-order valence-corrected chi connectivity index (χ1v) is 8.84. The van der Waals surface area contributed by atoms with Crippen molar-refractivity contribution in [3.63, 3.8) is 0 Å². The molecule has 3 aromatic rings. The molecule has 116 valence electrons. The Morgan fingerprint density at radius 1 is 0.957 bits per heavy atom. The molecule has 0 fully saturated rings. The molecule has 0 saturated carbocycles. The minimum Gasteiger partial charge on any atom is -0.228 e. The summed E-state index contributed by atoms with van der Waals surface area (Å²) in [5, 5.41) is 2.23. The van der Waals surface area contributed by atoms with Crippen molar-refractivity contribution < 1.29 is 0 Å². The number of benzene rings is 2. The van der Waals surface area contributed by atoms with Gasteiger partial charge in [-0.15, -0.1) is 0 Å². The Labute approximate surface area is 149 Å². The fraction of sp³-hybridized carbons (Fsp3) is 0.111.